The van der Waals surface area contributed by atoms with Crippen LogP contribution in [0.1, 0.15) is 72.1 Å². The van der Waals surface area contributed by atoms with Crippen LogP contribution in [-0.4, -0.2) is 22.3 Å². The van der Waals surface area contributed by atoms with Crippen LogP contribution in [-0.2, 0) is 9.53 Å². The molecule has 0 atom stereocenters. The molecule has 1 aliphatic rings. The highest BCUT2D eigenvalue weighted by atomic mass is 16.6. The molecule has 17 heavy (non-hydrogen) atoms. The van der Waals surface area contributed by atoms with Crippen LogP contribution >= 0.6 is 0 Å². The van der Waals surface area contributed by atoms with Crippen LogP contribution in [0.15, 0.2) is 0 Å². The van der Waals surface area contributed by atoms with Gasteiger partial charge in [-0.05, 0) is 40.0 Å². The van der Waals surface area contributed by atoms with Crippen LogP contribution < -0.4 is 0 Å². The van der Waals surface area contributed by atoms with Gasteiger partial charge in [0.25, 0.3) is 0 Å². The molecule has 0 spiro atoms. The molecule has 1 rings (SSSR count). The minimum Gasteiger partial charge on any atom is -0.460 e. The van der Waals surface area contributed by atoms with Gasteiger partial charge in [0, 0.05) is 6.42 Å². The number of carbonyl (C=O) groups is 1. The highest BCUT2D eigenvalue weighted by molar-refractivity contribution is 5.69. The average molecular weight is 242 g/mol. The Kier molecular flexibility index (Phi) is 4.99. The first-order chi connectivity index (χ1) is 7.81. The van der Waals surface area contributed by atoms with Crippen molar-refractivity contribution in [1.82, 2.24) is 0 Å². The Morgan fingerprint density at radius 1 is 1.18 bits per heavy atom. The van der Waals surface area contributed by atoms with Gasteiger partial charge in [0.1, 0.15) is 5.60 Å². The summed E-state index contributed by atoms with van der Waals surface area (Å²) in [6.45, 7) is 5.60. The summed E-state index contributed by atoms with van der Waals surface area (Å²) in [7, 11) is 0. The van der Waals surface area contributed by atoms with Crippen LogP contribution in [0.25, 0.3) is 0 Å². The molecular formula is C14H26O3. The Morgan fingerprint density at radius 2 is 1.71 bits per heavy atom. The lowest BCUT2D eigenvalue weighted by molar-refractivity contribution is -0.156. The maximum atomic E-state index is 11.6. The normalized spacial score (nSPS) is 20.7. The second-order valence-electron chi connectivity index (χ2n) is 6.22. The van der Waals surface area contributed by atoms with Crippen LogP contribution in [0.5, 0.6) is 0 Å². The Bertz CT molecular complexity index is 245. The van der Waals surface area contributed by atoms with E-state index in [0.717, 1.165) is 25.7 Å². The number of carbonyl (C=O) groups excluding carboxylic acids is 1. The molecule has 0 aliphatic heterocycles. The summed E-state index contributed by atoms with van der Waals surface area (Å²) in [5, 5.41) is 10.4. The van der Waals surface area contributed by atoms with Crippen LogP contribution in [0.4, 0.5) is 0 Å². The van der Waals surface area contributed by atoms with Crippen molar-refractivity contribution in [3.8, 4) is 0 Å². The molecule has 0 amide bonds. The minimum absolute atomic E-state index is 0.199. The first-order valence-corrected chi connectivity index (χ1v) is 6.75. The lowest BCUT2D eigenvalue weighted by atomic mass is 9.89. The lowest BCUT2D eigenvalue weighted by Crippen LogP contribution is -2.30. The first-order valence-electron chi connectivity index (χ1n) is 6.75. The van der Waals surface area contributed by atoms with Crippen molar-refractivity contribution in [3.63, 3.8) is 0 Å². The predicted octanol–water partition coefficient (Wildman–Crippen LogP) is 3.19. The van der Waals surface area contributed by atoms with Crippen LogP contribution in [0, 0.1) is 0 Å². The van der Waals surface area contributed by atoms with Gasteiger partial charge in [0.2, 0.25) is 0 Å². The van der Waals surface area contributed by atoms with E-state index in [1.165, 1.54) is 12.8 Å². The molecule has 1 fully saturated rings. The molecule has 100 valence electrons. The molecule has 0 aromatic carbocycles. The second kappa shape index (κ2) is 5.85. The summed E-state index contributed by atoms with van der Waals surface area (Å²) in [6.07, 6.45) is 7.08. The van der Waals surface area contributed by atoms with E-state index in [4.69, 9.17) is 4.74 Å². The molecule has 1 aliphatic carbocycles. The third kappa shape index (κ3) is 6.06. The lowest BCUT2D eigenvalue weighted by Gasteiger charge is -2.27. The zero-order chi connectivity index (χ0) is 12.9. The molecule has 0 saturated heterocycles. The Balaban J connectivity index is 2.35. The van der Waals surface area contributed by atoms with Crippen LogP contribution in [0.3, 0.4) is 0 Å². The third-order valence-corrected chi connectivity index (χ3v) is 3.25. The molecule has 0 aromatic heterocycles. The van der Waals surface area contributed by atoms with Gasteiger partial charge in [-0.15, -0.1) is 0 Å². The van der Waals surface area contributed by atoms with Crippen LogP contribution in [0.2, 0.25) is 0 Å². The summed E-state index contributed by atoms with van der Waals surface area (Å²) >= 11 is 0. The number of hydrogen-bond donors (Lipinski definition) is 1. The maximum Gasteiger partial charge on any atom is 0.306 e. The monoisotopic (exact) mass is 242 g/mol. The molecule has 0 aromatic rings. The largest absolute Gasteiger partial charge is 0.460 e. The van der Waals surface area contributed by atoms with Crippen molar-refractivity contribution in [3.05, 3.63) is 0 Å². The molecule has 0 radical (unpaired) electrons. The average Bonchev–Trinajstić information content (AvgIpc) is 2.38. The van der Waals surface area contributed by atoms with E-state index in [-0.39, 0.29) is 5.97 Å². The highest BCUT2D eigenvalue weighted by Crippen LogP contribution is 2.31. The number of esters is 1. The van der Waals surface area contributed by atoms with Crippen molar-refractivity contribution in [2.24, 2.45) is 0 Å². The number of aliphatic hydroxyl groups is 1. The van der Waals surface area contributed by atoms with Crippen molar-refractivity contribution in [2.45, 2.75) is 83.3 Å². The summed E-state index contributed by atoms with van der Waals surface area (Å²) in [6, 6.07) is 0. The van der Waals surface area contributed by atoms with Crippen molar-refractivity contribution < 1.29 is 14.6 Å². The molecule has 3 nitrogen and oxygen atoms in total. The fraction of sp³-hybridized carbons (Fsp3) is 0.929. The molecule has 0 bridgehead atoms. The topological polar surface area (TPSA) is 46.5 Å². The van der Waals surface area contributed by atoms with Gasteiger partial charge in [-0.2, -0.15) is 0 Å². The number of rotatable bonds is 3. The van der Waals surface area contributed by atoms with Gasteiger partial charge in [-0.25, -0.2) is 0 Å². The van der Waals surface area contributed by atoms with Gasteiger partial charge >= 0.3 is 5.97 Å². The summed E-state index contributed by atoms with van der Waals surface area (Å²) in [5.74, 6) is -0.199. The van der Waals surface area contributed by atoms with E-state index in [1.807, 2.05) is 20.8 Å². The molecule has 3 heteroatoms. The predicted molar refractivity (Wildman–Crippen MR) is 67.7 cm³/mol. The number of hydrogen-bond acceptors (Lipinski definition) is 3. The fourth-order valence-corrected chi connectivity index (χ4v) is 2.36. The SMILES string of the molecule is CC(C)(C)OC(=O)CCC1(O)CCCCCC1. The summed E-state index contributed by atoms with van der Waals surface area (Å²) in [5.41, 5.74) is -1.06. The first kappa shape index (κ1) is 14.5. The zero-order valence-corrected chi connectivity index (χ0v) is 11.4. The number of ether oxygens (including phenoxy) is 1. The minimum atomic E-state index is -0.632. The van der Waals surface area contributed by atoms with Gasteiger partial charge in [0.15, 0.2) is 0 Å². The van der Waals surface area contributed by atoms with Crippen molar-refractivity contribution >= 4 is 5.97 Å². The standard InChI is InChI=1S/C14H26O3/c1-13(2,3)17-12(15)8-11-14(16)9-6-4-5-7-10-14/h16H,4-11H2,1-3H3. The summed E-state index contributed by atoms with van der Waals surface area (Å²) < 4.78 is 5.25. The van der Waals surface area contributed by atoms with E-state index in [2.05, 4.69) is 0 Å². The molecule has 0 heterocycles. The quantitative estimate of drug-likeness (QED) is 0.610. The van der Waals surface area contributed by atoms with E-state index in [1.54, 1.807) is 0 Å². The maximum absolute atomic E-state index is 11.6. The Hall–Kier alpha value is -0.570. The van der Waals surface area contributed by atoms with Gasteiger partial charge in [-0.3, -0.25) is 4.79 Å². The van der Waals surface area contributed by atoms with Crippen molar-refractivity contribution in [1.29, 1.82) is 0 Å². The molecule has 1 N–H and O–H groups in total. The van der Waals surface area contributed by atoms with Gasteiger partial charge in [-0.1, -0.05) is 25.7 Å². The van der Waals surface area contributed by atoms with E-state index in [9.17, 15) is 9.90 Å². The van der Waals surface area contributed by atoms with Crippen molar-refractivity contribution in [2.75, 3.05) is 0 Å². The second-order valence-corrected chi connectivity index (χ2v) is 6.22. The Morgan fingerprint density at radius 3 is 2.18 bits per heavy atom. The smallest absolute Gasteiger partial charge is 0.306 e. The van der Waals surface area contributed by atoms with E-state index >= 15 is 0 Å². The van der Waals surface area contributed by atoms with E-state index in [0.29, 0.717) is 12.8 Å². The van der Waals surface area contributed by atoms with Gasteiger partial charge in [0.05, 0.1) is 5.60 Å². The van der Waals surface area contributed by atoms with E-state index < -0.39 is 11.2 Å². The fourth-order valence-electron chi connectivity index (χ4n) is 2.36. The highest BCUT2D eigenvalue weighted by Gasteiger charge is 2.29. The molecule has 0 unspecified atom stereocenters. The zero-order valence-electron chi connectivity index (χ0n) is 11.4. The molecule has 1 saturated carbocycles. The van der Waals surface area contributed by atoms with Gasteiger partial charge < -0.3 is 9.84 Å². The summed E-state index contributed by atoms with van der Waals surface area (Å²) in [4.78, 5) is 11.6. The Labute approximate surface area is 105 Å². The third-order valence-electron chi connectivity index (χ3n) is 3.25. The molecular weight excluding hydrogens is 216 g/mol.